The first-order valence-electron chi connectivity index (χ1n) is 5.54. The summed E-state index contributed by atoms with van der Waals surface area (Å²) in [6.07, 6.45) is 4.73. The third-order valence-corrected chi connectivity index (χ3v) is 2.40. The van der Waals surface area contributed by atoms with Crippen molar-refractivity contribution in [2.45, 2.75) is 19.6 Å². The van der Waals surface area contributed by atoms with Crippen molar-refractivity contribution in [3.63, 3.8) is 0 Å². The number of hydrogen-bond acceptors (Lipinski definition) is 4. The fraction of sp³-hybridized carbons (Fsp3) is 0.250. The van der Waals surface area contributed by atoms with E-state index >= 15 is 0 Å². The second-order valence-corrected chi connectivity index (χ2v) is 3.64. The van der Waals surface area contributed by atoms with Crippen LogP contribution in [0.1, 0.15) is 0 Å². The molecule has 0 aliphatic heterocycles. The minimum atomic E-state index is -0.742. The maximum Gasteiger partial charge on any atom is 0.336 e. The number of aliphatic hydroxyl groups is 1. The quantitative estimate of drug-likeness (QED) is 0.561. The van der Waals surface area contributed by atoms with Gasteiger partial charge in [-0.1, -0.05) is 12.2 Å². The first-order valence-corrected chi connectivity index (χ1v) is 5.54. The molecule has 0 aliphatic rings. The average Bonchev–Trinajstić information content (AvgIpc) is 2.40. The van der Waals surface area contributed by atoms with E-state index < -0.39 is 17.1 Å². The molecule has 0 fully saturated rings. The van der Waals surface area contributed by atoms with Gasteiger partial charge in [0, 0.05) is 0 Å². The summed E-state index contributed by atoms with van der Waals surface area (Å²) in [4.78, 5) is 35.9. The summed E-state index contributed by atoms with van der Waals surface area (Å²) in [6, 6.07) is 0. The smallest absolute Gasteiger partial charge is 0.336 e. The maximum absolute atomic E-state index is 12.0. The lowest BCUT2D eigenvalue weighted by molar-refractivity contribution is 0.462. The van der Waals surface area contributed by atoms with E-state index in [1.54, 1.807) is 0 Å². The van der Waals surface area contributed by atoms with Crippen LogP contribution in [0.25, 0.3) is 0 Å². The van der Waals surface area contributed by atoms with Crippen molar-refractivity contribution in [1.82, 2.24) is 13.7 Å². The van der Waals surface area contributed by atoms with Crippen molar-refractivity contribution >= 4 is 0 Å². The largest absolute Gasteiger partial charge is 0.516 e. The summed E-state index contributed by atoms with van der Waals surface area (Å²) >= 11 is 0. The molecule has 102 valence electrons. The highest BCUT2D eigenvalue weighted by atomic mass is 16.2. The van der Waals surface area contributed by atoms with Crippen molar-refractivity contribution in [2.75, 3.05) is 0 Å². The Bertz CT molecular complexity index is 627. The topological polar surface area (TPSA) is 86.2 Å². The van der Waals surface area contributed by atoms with Crippen molar-refractivity contribution in [2.24, 2.45) is 0 Å². The molecule has 1 aromatic rings. The number of rotatable bonds is 6. The zero-order valence-corrected chi connectivity index (χ0v) is 10.4. The maximum atomic E-state index is 12.0. The molecule has 1 rings (SSSR count). The van der Waals surface area contributed by atoms with Crippen LogP contribution in [0.2, 0.25) is 0 Å². The molecule has 0 saturated heterocycles. The van der Waals surface area contributed by atoms with Gasteiger partial charge in [-0.05, 0) is 6.08 Å². The first-order chi connectivity index (χ1) is 9.08. The van der Waals surface area contributed by atoms with Gasteiger partial charge in [0.25, 0.3) is 0 Å². The van der Waals surface area contributed by atoms with Gasteiger partial charge in [0.1, 0.15) is 0 Å². The summed E-state index contributed by atoms with van der Waals surface area (Å²) in [7, 11) is 0. The molecule has 0 aromatic carbocycles. The Morgan fingerprint density at radius 2 is 1.21 bits per heavy atom. The van der Waals surface area contributed by atoms with Gasteiger partial charge in [0.05, 0.1) is 25.9 Å². The molecule has 19 heavy (non-hydrogen) atoms. The minimum absolute atomic E-state index is 0.00205. The van der Waals surface area contributed by atoms with Gasteiger partial charge < -0.3 is 5.11 Å². The van der Waals surface area contributed by atoms with Gasteiger partial charge in [-0.3, -0.25) is 0 Å². The Hall–Kier alpha value is -2.57. The van der Waals surface area contributed by atoms with Gasteiger partial charge in [-0.15, -0.1) is 13.2 Å². The predicted octanol–water partition coefficient (Wildman–Crippen LogP) is -0.385. The fourth-order valence-electron chi connectivity index (χ4n) is 1.56. The lowest BCUT2D eigenvalue weighted by atomic mass is 10.5. The van der Waals surface area contributed by atoms with Crippen LogP contribution in [0.4, 0.5) is 0 Å². The van der Waals surface area contributed by atoms with Gasteiger partial charge in [-0.2, -0.15) is 0 Å². The number of aromatic nitrogens is 3. The highest BCUT2D eigenvalue weighted by Gasteiger charge is 2.12. The molecule has 0 saturated carbocycles. The third kappa shape index (κ3) is 2.82. The molecule has 1 aromatic heterocycles. The lowest BCUT2D eigenvalue weighted by Crippen LogP contribution is -2.54. The van der Waals surface area contributed by atoms with Gasteiger partial charge >= 0.3 is 17.1 Å². The lowest BCUT2D eigenvalue weighted by Gasteiger charge is -2.10. The van der Waals surface area contributed by atoms with Crippen LogP contribution >= 0.6 is 0 Å². The van der Waals surface area contributed by atoms with Crippen molar-refractivity contribution in [3.05, 3.63) is 69.1 Å². The predicted molar refractivity (Wildman–Crippen MR) is 71.4 cm³/mol. The Labute approximate surface area is 108 Å². The van der Waals surface area contributed by atoms with Crippen LogP contribution in [-0.2, 0) is 19.6 Å². The van der Waals surface area contributed by atoms with Gasteiger partial charge in [0.15, 0.2) is 0 Å². The molecular weight excluding hydrogens is 250 g/mol. The Morgan fingerprint density at radius 3 is 1.53 bits per heavy atom. The SMILES string of the molecule is C=CCn1c(=O)n(CC=C)c(=O)n(C/C=C/O)c1=O. The fourth-order valence-corrected chi connectivity index (χ4v) is 1.56. The first kappa shape index (κ1) is 14.5. The monoisotopic (exact) mass is 265 g/mol. The average molecular weight is 265 g/mol. The number of aliphatic hydroxyl groups excluding tert-OH is 1. The van der Waals surface area contributed by atoms with E-state index in [-0.39, 0.29) is 19.6 Å². The van der Waals surface area contributed by atoms with E-state index in [4.69, 9.17) is 5.11 Å². The van der Waals surface area contributed by atoms with E-state index in [1.807, 2.05) is 0 Å². The van der Waals surface area contributed by atoms with Crippen LogP contribution in [0, 0.1) is 0 Å². The summed E-state index contributed by atoms with van der Waals surface area (Å²) in [6.45, 7) is 6.79. The van der Waals surface area contributed by atoms with Crippen molar-refractivity contribution in [3.8, 4) is 0 Å². The zero-order chi connectivity index (χ0) is 14.4. The van der Waals surface area contributed by atoms with Gasteiger partial charge in [0.2, 0.25) is 0 Å². The number of hydrogen-bond donors (Lipinski definition) is 1. The van der Waals surface area contributed by atoms with E-state index in [0.717, 1.165) is 20.0 Å². The van der Waals surface area contributed by atoms with E-state index in [2.05, 4.69) is 13.2 Å². The molecule has 0 radical (unpaired) electrons. The number of allylic oxidation sites excluding steroid dienone is 3. The third-order valence-electron chi connectivity index (χ3n) is 2.40. The molecule has 7 heteroatoms. The summed E-state index contributed by atoms with van der Waals surface area (Å²) in [5.74, 6) is 0. The summed E-state index contributed by atoms with van der Waals surface area (Å²) < 4.78 is 2.63. The Balaban J connectivity index is 3.68. The van der Waals surface area contributed by atoms with Crippen LogP contribution in [0.3, 0.4) is 0 Å². The number of nitrogens with zero attached hydrogens (tertiary/aromatic N) is 3. The highest BCUT2D eigenvalue weighted by molar-refractivity contribution is 4.86. The summed E-state index contributed by atoms with van der Waals surface area (Å²) in [5, 5.41) is 8.60. The van der Waals surface area contributed by atoms with E-state index in [1.165, 1.54) is 18.2 Å². The molecule has 0 bridgehead atoms. The highest BCUT2D eigenvalue weighted by Crippen LogP contribution is 1.80. The summed E-state index contributed by atoms with van der Waals surface area (Å²) in [5.41, 5.74) is -2.19. The molecule has 7 nitrogen and oxygen atoms in total. The zero-order valence-electron chi connectivity index (χ0n) is 10.4. The van der Waals surface area contributed by atoms with Crippen molar-refractivity contribution < 1.29 is 5.11 Å². The van der Waals surface area contributed by atoms with Crippen LogP contribution in [0.15, 0.2) is 52.0 Å². The molecule has 0 spiro atoms. The standard InChI is InChI=1S/C12H15N3O4/c1-3-6-13-10(17)14(7-4-2)12(19)15(11(13)18)8-5-9-16/h3-5,9,16H,1-2,6-8H2/b9-5+. The second-order valence-electron chi connectivity index (χ2n) is 3.64. The normalized spacial score (nSPS) is 10.7. The Kier molecular flexibility index (Phi) is 4.87. The molecule has 1 heterocycles. The van der Waals surface area contributed by atoms with Gasteiger partial charge in [-0.25, -0.2) is 28.1 Å². The van der Waals surface area contributed by atoms with E-state index in [0.29, 0.717) is 0 Å². The molecule has 0 atom stereocenters. The molecular formula is C12H15N3O4. The van der Waals surface area contributed by atoms with Crippen LogP contribution < -0.4 is 17.1 Å². The minimum Gasteiger partial charge on any atom is -0.516 e. The molecule has 0 unspecified atom stereocenters. The van der Waals surface area contributed by atoms with Crippen LogP contribution in [0.5, 0.6) is 0 Å². The second kappa shape index (κ2) is 6.39. The van der Waals surface area contributed by atoms with Crippen molar-refractivity contribution in [1.29, 1.82) is 0 Å². The molecule has 0 amide bonds. The Morgan fingerprint density at radius 1 is 0.842 bits per heavy atom. The van der Waals surface area contributed by atoms with Crippen LogP contribution in [-0.4, -0.2) is 18.8 Å². The van der Waals surface area contributed by atoms with E-state index in [9.17, 15) is 14.4 Å². The molecule has 1 N–H and O–H groups in total. The molecule has 0 aliphatic carbocycles.